The number of likely N-dealkylation sites (tertiary alicyclic amines) is 1. The molecule has 24 heavy (non-hydrogen) atoms. The normalized spacial score (nSPS) is 15.1. The van der Waals surface area contributed by atoms with Gasteiger partial charge in [-0.3, -0.25) is 14.6 Å². The van der Waals surface area contributed by atoms with Crippen molar-refractivity contribution < 1.29 is 9.59 Å². The molecule has 1 aliphatic rings. The van der Waals surface area contributed by atoms with Crippen LogP contribution < -0.4 is 5.32 Å². The highest BCUT2D eigenvalue weighted by Crippen LogP contribution is 2.13. The molecule has 0 unspecified atom stereocenters. The maximum absolute atomic E-state index is 12.3. The lowest BCUT2D eigenvalue weighted by molar-refractivity contribution is -0.131. The summed E-state index contributed by atoms with van der Waals surface area (Å²) >= 11 is 0. The minimum absolute atomic E-state index is 0.0975. The number of carbonyl (C=O) groups is 2. The Morgan fingerprint density at radius 1 is 1.04 bits per heavy atom. The number of amides is 2. The van der Waals surface area contributed by atoms with Gasteiger partial charge in [0.25, 0.3) is 5.91 Å². The smallest absolute Gasteiger partial charge is 0.270 e. The predicted octanol–water partition coefficient (Wildman–Crippen LogP) is 2.05. The number of nitrogens with zero attached hydrogens (tertiary/aromatic N) is 2. The van der Waals surface area contributed by atoms with Gasteiger partial charge in [-0.25, -0.2) is 0 Å². The molecule has 1 N–H and O–H groups in total. The summed E-state index contributed by atoms with van der Waals surface area (Å²) in [6, 6.07) is 15.2. The third-order valence-corrected chi connectivity index (χ3v) is 4.28. The van der Waals surface area contributed by atoms with Gasteiger partial charge in [0.2, 0.25) is 5.91 Å². The van der Waals surface area contributed by atoms with Gasteiger partial charge in [-0.05, 0) is 30.5 Å². The molecule has 0 aliphatic carbocycles. The number of nitrogens with one attached hydrogen (secondary N) is 1. The first-order valence-electron chi connectivity index (χ1n) is 8.26. The maximum atomic E-state index is 12.3. The summed E-state index contributed by atoms with van der Waals surface area (Å²) in [4.78, 5) is 30.4. The van der Waals surface area contributed by atoms with E-state index in [1.54, 1.807) is 24.4 Å². The second-order valence-electron chi connectivity index (χ2n) is 6.01. The summed E-state index contributed by atoms with van der Waals surface area (Å²) in [5.74, 6) is 0.000338. The molecule has 2 aromatic rings. The van der Waals surface area contributed by atoms with Crippen molar-refractivity contribution in [3.05, 3.63) is 66.0 Å². The van der Waals surface area contributed by atoms with Gasteiger partial charge in [-0.2, -0.15) is 0 Å². The predicted molar refractivity (Wildman–Crippen MR) is 91.5 cm³/mol. The summed E-state index contributed by atoms with van der Waals surface area (Å²) in [6.45, 7) is 1.36. The molecule has 1 aliphatic heterocycles. The zero-order valence-corrected chi connectivity index (χ0v) is 13.5. The molecule has 1 aromatic carbocycles. The Balaban J connectivity index is 1.47. The second kappa shape index (κ2) is 7.73. The highest BCUT2D eigenvalue weighted by atomic mass is 16.2. The highest BCUT2D eigenvalue weighted by Gasteiger charge is 2.24. The number of benzene rings is 1. The van der Waals surface area contributed by atoms with Crippen LogP contribution in [0.3, 0.4) is 0 Å². The fraction of sp³-hybridized carbons (Fsp3) is 0.316. The van der Waals surface area contributed by atoms with Crippen LogP contribution in [0.5, 0.6) is 0 Å². The lowest BCUT2D eigenvalue weighted by Gasteiger charge is -2.32. The first-order chi connectivity index (χ1) is 11.7. The largest absolute Gasteiger partial charge is 0.348 e. The molecule has 0 bridgehead atoms. The standard InChI is InChI=1S/C19H21N3O2/c23-18(14-15-6-2-1-3-7-15)22-12-9-16(10-13-22)21-19(24)17-8-4-5-11-20-17/h1-8,11,16H,9-10,12-14H2,(H,21,24). The van der Waals surface area contributed by atoms with Crippen molar-refractivity contribution in [2.45, 2.75) is 25.3 Å². The lowest BCUT2D eigenvalue weighted by atomic mass is 10.0. The number of hydrogen-bond donors (Lipinski definition) is 1. The summed E-state index contributed by atoms with van der Waals surface area (Å²) in [5, 5.41) is 3.00. The van der Waals surface area contributed by atoms with E-state index in [4.69, 9.17) is 0 Å². The molecular formula is C19H21N3O2. The van der Waals surface area contributed by atoms with Gasteiger partial charge in [-0.15, -0.1) is 0 Å². The molecule has 124 valence electrons. The molecule has 0 spiro atoms. The van der Waals surface area contributed by atoms with Crippen LogP contribution in [0.2, 0.25) is 0 Å². The summed E-state index contributed by atoms with van der Waals surface area (Å²) in [6.07, 6.45) is 3.60. The Morgan fingerprint density at radius 2 is 1.75 bits per heavy atom. The Kier molecular flexibility index (Phi) is 5.21. The first kappa shape index (κ1) is 16.2. The van der Waals surface area contributed by atoms with E-state index in [2.05, 4.69) is 10.3 Å². The molecule has 2 heterocycles. The minimum Gasteiger partial charge on any atom is -0.348 e. The van der Waals surface area contributed by atoms with Crippen molar-refractivity contribution in [2.24, 2.45) is 0 Å². The zero-order valence-electron chi connectivity index (χ0n) is 13.5. The number of rotatable bonds is 4. The molecule has 0 saturated carbocycles. The molecule has 0 radical (unpaired) electrons. The molecule has 3 rings (SSSR count). The van der Waals surface area contributed by atoms with Gasteiger partial charge >= 0.3 is 0 Å². The van der Waals surface area contributed by atoms with Crippen LogP contribution in [0.25, 0.3) is 0 Å². The number of aromatic nitrogens is 1. The van der Waals surface area contributed by atoms with Crippen molar-refractivity contribution in [3.8, 4) is 0 Å². The quantitative estimate of drug-likeness (QED) is 0.936. The molecule has 5 heteroatoms. The topological polar surface area (TPSA) is 62.3 Å². The Morgan fingerprint density at radius 3 is 2.42 bits per heavy atom. The van der Waals surface area contributed by atoms with Gasteiger partial charge in [0, 0.05) is 25.3 Å². The van der Waals surface area contributed by atoms with E-state index < -0.39 is 0 Å². The third-order valence-electron chi connectivity index (χ3n) is 4.28. The van der Waals surface area contributed by atoms with Crippen LogP contribution in [0.15, 0.2) is 54.7 Å². The third kappa shape index (κ3) is 4.19. The molecule has 1 fully saturated rings. The van der Waals surface area contributed by atoms with E-state index in [-0.39, 0.29) is 17.9 Å². The fourth-order valence-electron chi connectivity index (χ4n) is 2.91. The zero-order chi connectivity index (χ0) is 16.8. The molecule has 1 saturated heterocycles. The Hall–Kier alpha value is -2.69. The van der Waals surface area contributed by atoms with Crippen LogP contribution in [0, 0.1) is 0 Å². The average Bonchev–Trinajstić information content (AvgIpc) is 2.64. The van der Waals surface area contributed by atoms with Gasteiger partial charge in [-0.1, -0.05) is 36.4 Å². The van der Waals surface area contributed by atoms with E-state index in [9.17, 15) is 9.59 Å². The molecule has 1 aromatic heterocycles. The van der Waals surface area contributed by atoms with Crippen molar-refractivity contribution in [1.82, 2.24) is 15.2 Å². The second-order valence-corrected chi connectivity index (χ2v) is 6.01. The maximum Gasteiger partial charge on any atom is 0.270 e. The lowest BCUT2D eigenvalue weighted by Crippen LogP contribution is -2.47. The number of pyridine rings is 1. The van der Waals surface area contributed by atoms with Crippen LogP contribution in [0.1, 0.15) is 28.9 Å². The number of carbonyl (C=O) groups excluding carboxylic acids is 2. The molecule has 2 amide bonds. The summed E-state index contributed by atoms with van der Waals surface area (Å²) < 4.78 is 0. The SMILES string of the molecule is O=C(NC1CCN(C(=O)Cc2ccccc2)CC1)c1ccccn1. The molecular weight excluding hydrogens is 302 g/mol. The van der Waals surface area contributed by atoms with E-state index >= 15 is 0 Å². The highest BCUT2D eigenvalue weighted by molar-refractivity contribution is 5.92. The number of piperidine rings is 1. The van der Waals surface area contributed by atoms with E-state index in [1.165, 1.54) is 0 Å². The van der Waals surface area contributed by atoms with E-state index in [0.717, 1.165) is 18.4 Å². The van der Waals surface area contributed by atoms with E-state index in [1.807, 2.05) is 35.2 Å². The van der Waals surface area contributed by atoms with Crippen molar-refractivity contribution >= 4 is 11.8 Å². The van der Waals surface area contributed by atoms with Gasteiger partial charge in [0.05, 0.1) is 6.42 Å². The average molecular weight is 323 g/mol. The molecule has 0 atom stereocenters. The minimum atomic E-state index is -0.148. The van der Waals surface area contributed by atoms with Gasteiger partial charge in [0.15, 0.2) is 0 Å². The van der Waals surface area contributed by atoms with E-state index in [0.29, 0.717) is 25.2 Å². The van der Waals surface area contributed by atoms with Crippen LogP contribution in [0.4, 0.5) is 0 Å². The van der Waals surface area contributed by atoms with Crippen LogP contribution in [-0.4, -0.2) is 40.8 Å². The summed E-state index contributed by atoms with van der Waals surface area (Å²) in [7, 11) is 0. The van der Waals surface area contributed by atoms with Crippen molar-refractivity contribution in [2.75, 3.05) is 13.1 Å². The van der Waals surface area contributed by atoms with Gasteiger partial charge in [0.1, 0.15) is 5.69 Å². The van der Waals surface area contributed by atoms with Crippen LogP contribution >= 0.6 is 0 Å². The Labute approximate surface area is 141 Å². The molecule has 5 nitrogen and oxygen atoms in total. The first-order valence-corrected chi connectivity index (χ1v) is 8.26. The number of hydrogen-bond acceptors (Lipinski definition) is 3. The fourth-order valence-corrected chi connectivity index (χ4v) is 2.91. The summed E-state index contributed by atoms with van der Waals surface area (Å²) in [5.41, 5.74) is 1.47. The Bertz CT molecular complexity index is 680. The van der Waals surface area contributed by atoms with Crippen LogP contribution in [-0.2, 0) is 11.2 Å². The monoisotopic (exact) mass is 323 g/mol. The van der Waals surface area contributed by atoms with Crippen molar-refractivity contribution in [3.63, 3.8) is 0 Å². The van der Waals surface area contributed by atoms with Crippen molar-refractivity contribution in [1.29, 1.82) is 0 Å². The van der Waals surface area contributed by atoms with Gasteiger partial charge < -0.3 is 10.2 Å².